The van der Waals surface area contributed by atoms with E-state index in [9.17, 15) is 4.79 Å². The van der Waals surface area contributed by atoms with E-state index in [0.29, 0.717) is 24.3 Å². The molecule has 0 unspecified atom stereocenters. The van der Waals surface area contributed by atoms with Crippen LogP contribution in [0.4, 0.5) is 11.4 Å². The van der Waals surface area contributed by atoms with E-state index in [1.54, 1.807) is 14.2 Å². The molecular formula is C28H34N4O3. The summed E-state index contributed by atoms with van der Waals surface area (Å²) in [4.78, 5) is 21.8. The smallest absolute Gasteiger partial charge is 0.224 e. The number of hydrogen-bond donors (Lipinski definition) is 1. The number of nitrogens with zero attached hydrogens (tertiary/aromatic N) is 3. The molecule has 1 fully saturated rings. The van der Waals surface area contributed by atoms with Crippen LogP contribution in [0.15, 0.2) is 67.0 Å². The molecule has 1 aromatic heterocycles. The fourth-order valence-corrected chi connectivity index (χ4v) is 4.52. The average molecular weight is 475 g/mol. The van der Waals surface area contributed by atoms with Crippen LogP contribution in [0.2, 0.25) is 0 Å². The third-order valence-corrected chi connectivity index (χ3v) is 6.46. The van der Waals surface area contributed by atoms with Gasteiger partial charge in [-0.05, 0) is 54.3 Å². The topological polar surface area (TPSA) is 66.9 Å². The zero-order valence-electron chi connectivity index (χ0n) is 20.6. The molecule has 1 amide bonds. The highest BCUT2D eigenvalue weighted by molar-refractivity contribution is 5.94. The molecule has 1 aliphatic rings. The van der Waals surface area contributed by atoms with Crippen LogP contribution < -0.4 is 19.7 Å². The molecule has 0 spiro atoms. The number of anilines is 2. The first kappa shape index (κ1) is 24.5. The Balaban J connectivity index is 1.31. The minimum Gasteiger partial charge on any atom is -0.493 e. The number of aromatic nitrogens is 1. The number of methoxy groups -OCH3 is 2. The Hall–Kier alpha value is -3.58. The van der Waals surface area contributed by atoms with Gasteiger partial charge in [0.05, 0.1) is 25.6 Å². The monoisotopic (exact) mass is 474 g/mol. The van der Waals surface area contributed by atoms with Gasteiger partial charge >= 0.3 is 0 Å². The van der Waals surface area contributed by atoms with Crippen molar-refractivity contribution < 1.29 is 14.3 Å². The molecule has 4 rings (SSSR count). The van der Waals surface area contributed by atoms with Gasteiger partial charge in [0.15, 0.2) is 11.5 Å². The van der Waals surface area contributed by atoms with Crippen molar-refractivity contribution in [1.29, 1.82) is 0 Å². The summed E-state index contributed by atoms with van der Waals surface area (Å²) < 4.78 is 10.9. The first-order valence-corrected chi connectivity index (χ1v) is 12.1. The van der Waals surface area contributed by atoms with Crippen molar-refractivity contribution in [1.82, 2.24) is 9.88 Å². The van der Waals surface area contributed by atoms with Gasteiger partial charge in [-0.1, -0.05) is 24.3 Å². The van der Waals surface area contributed by atoms with Crippen LogP contribution in [-0.4, -0.2) is 62.7 Å². The van der Waals surface area contributed by atoms with E-state index in [0.717, 1.165) is 56.1 Å². The summed E-state index contributed by atoms with van der Waals surface area (Å²) in [6.07, 6.45) is 5.68. The number of rotatable bonds is 10. The molecule has 0 atom stereocenters. The summed E-state index contributed by atoms with van der Waals surface area (Å²) in [5.41, 5.74) is 4.22. The number of piperazine rings is 1. The van der Waals surface area contributed by atoms with Crippen molar-refractivity contribution >= 4 is 17.3 Å². The third kappa shape index (κ3) is 6.51. The molecule has 3 aromatic rings. The number of benzene rings is 2. The first-order chi connectivity index (χ1) is 17.2. The van der Waals surface area contributed by atoms with Crippen LogP contribution in [0.1, 0.15) is 17.5 Å². The van der Waals surface area contributed by atoms with Gasteiger partial charge < -0.3 is 19.7 Å². The Bertz CT molecular complexity index is 1100. The van der Waals surface area contributed by atoms with Crippen LogP contribution in [0, 0.1) is 0 Å². The lowest BCUT2D eigenvalue weighted by molar-refractivity contribution is -0.116. The van der Waals surface area contributed by atoms with E-state index in [4.69, 9.17) is 9.47 Å². The van der Waals surface area contributed by atoms with Crippen LogP contribution >= 0.6 is 0 Å². The number of carbonyl (C=O) groups is 1. The van der Waals surface area contributed by atoms with Gasteiger partial charge in [-0.25, -0.2) is 0 Å². The maximum Gasteiger partial charge on any atom is 0.224 e. The fraction of sp³-hybridized carbons (Fsp3) is 0.357. The number of amides is 1. The predicted molar refractivity (Wildman–Crippen MR) is 140 cm³/mol. The Labute approximate surface area is 207 Å². The highest BCUT2D eigenvalue weighted by Gasteiger charge is 2.20. The van der Waals surface area contributed by atoms with Gasteiger partial charge in [-0.3, -0.25) is 14.7 Å². The summed E-state index contributed by atoms with van der Waals surface area (Å²) >= 11 is 0. The third-order valence-electron chi connectivity index (χ3n) is 6.46. The SMILES string of the molecule is COc1cccc(CCC(=O)Nc2ccccc2N2CCN(CCc3ccncc3)CC2)c1OC. The van der Waals surface area contributed by atoms with E-state index < -0.39 is 0 Å². The molecule has 0 bridgehead atoms. The van der Waals surface area contributed by atoms with Crippen LogP contribution in [0.5, 0.6) is 11.5 Å². The van der Waals surface area contributed by atoms with Crippen LogP contribution in [0.25, 0.3) is 0 Å². The van der Waals surface area contributed by atoms with Gasteiger partial charge in [0.25, 0.3) is 0 Å². The van der Waals surface area contributed by atoms with Crippen molar-refractivity contribution in [3.05, 3.63) is 78.1 Å². The number of ether oxygens (including phenoxy) is 2. The standard InChI is InChI=1S/C28H34N4O3/c1-34-26-9-5-6-23(28(26)35-2)10-11-27(33)30-24-7-3-4-8-25(24)32-20-18-31(19-21-32)17-14-22-12-15-29-16-13-22/h3-9,12-13,15-16H,10-11,14,17-21H2,1-2H3,(H,30,33). The minimum absolute atomic E-state index is 0.0155. The number of para-hydroxylation sites is 3. The molecule has 0 radical (unpaired) electrons. The molecule has 0 saturated carbocycles. The predicted octanol–water partition coefficient (Wildman–Crippen LogP) is 4.03. The van der Waals surface area contributed by atoms with Crippen molar-refractivity contribution in [2.75, 3.05) is 57.2 Å². The Morgan fingerprint density at radius 1 is 0.914 bits per heavy atom. The summed E-state index contributed by atoms with van der Waals surface area (Å²) in [5.74, 6) is 1.35. The average Bonchev–Trinajstić information content (AvgIpc) is 2.91. The zero-order valence-corrected chi connectivity index (χ0v) is 20.6. The quantitative estimate of drug-likeness (QED) is 0.479. The molecule has 7 nitrogen and oxygen atoms in total. The van der Waals surface area contributed by atoms with Crippen molar-refractivity contribution in [2.45, 2.75) is 19.3 Å². The molecule has 2 aromatic carbocycles. The number of nitrogens with one attached hydrogen (secondary N) is 1. The first-order valence-electron chi connectivity index (χ1n) is 12.1. The van der Waals surface area contributed by atoms with Crippen molar-refractivity contribution in [3.63, 3.8) is 0 Å². The van der Waals surface area contributed by atoms with E-state index in [-0.39, 0.29) is 5.91 Å². The number of pyridine rings is 1. The number of aryl methyl sites for hydroxylation is 1. The molecule has 0 aliphatic carbocycles. The van der Waals surface area contributed by atoms with Gasteiger partial charge in [-0.15, -0.1) is 0 Å². The summed E-state index contributed by atoms with van der Waals surface area (Å²) in [6.45, 7) is 4.92. The Morgan fingerprint density at radius 3 is 2.43 bits per heavy atom. The maximum absolute atomic E-state index is 12.8. The lowest BCUT2D eigenvalue weighted by atomic mass is 10.1. The van der Waals surface area contributed by atoms with Gasteiger partial charge in [0, 0.05) is 51.5 Å². The molecule has 1 aliphatic heterocycles. The second kappa shape index (κ2) is 12.2. The Kier molecular flexibility index (Phi) is 8.57. The van der Waals surface area contributed by atoms with E-state index >= 15 is 0 Å². The molecular weight excluding hydrogens is 440 g/mol. The van der Waals surface area contributed by atoms with Crippen molar-refractivity contribution in [3.8, 4) is 11.5 Å². The summed E-state index contributed by atoms with van der Waals surface area (Å²) in [6, 6.07) is 18.0. The summed E-state index contributed by atoms with van der Waals surface area (Å²) in [7, 11) is 3.24. The van der Waals surface area contributed by atoms with E-state index in [2.05, 4.69) is 38.3 Å². The lowest BCUT2D eigenvalue weighted by Gasteiger charge is -2.37. The fourth-order valence-electron chi connectivity index (χ4n) is 4.52. The van der Waals surface area contributed by atoms with Gasteiger partial charge in [0.2, 0.25) is 5.91 Å². The zero-order chi connectivity index (χ0) is 24.5. The second-order valence-electron chi connectivity index (χ2n) is 8.65. The lowest BCUT2D eigenvalue weighted by Crippen LogP contribution is -2.47. The van der Waals surface area contributed by atoms with E-state index in [1.807, 2.05) is 48.8 Å². The molecule has 7 heteroatoms. The largest absolute Gasteiger partial charge is 0.493 e. The highest BCUT2D eigenvalue weighted by Crippen LogP contribution is 2.32. The van der Waals surface area contributed by atoms with Crippen LogP contribution in [-0.2, 0) is 17.6 Å². The molecule has 1 saturated heterocycles. The van der Waals surface area contributed by atoms with E-state index in [1.165, 1.54) is 5.56 Å². The highest BCUT2D eigenvalue weighted by atomic mass is 16.5. The van der Waals surface area contributed by atoms with Gasteiger partial charge in [0.1, 0.15) is 0 Å². The molecule has 2 heterocycles. The van der Waals surface area contributed by atoms with Crippen molar-refractivity contribution in [2.24, 2.45) is 0 Å². The minimum atomic E-state index is -0.0155. The van der Waals surface area contributed by atoms with Crippen LogP contribution in [0.3, 0.4) is 0 Å². The number of hydrogen-bond acceptors (Lipinski definition) is 6. The molecule has 35 heavy (non-hydrogen) atoms. The second-order valence-corrected chi connectivity index (χ2v) is 8.65. The molecule has 1 N–H and O–H groups in total. The molecule has 184 valence electrons. The summed E-state index contributed by atoms with van der Waals surface area (Å²) in [5, 5.41) is 3.13. The normalized spacial score (nSPS) is 13.9. The number of carbonyl (C=O) groups excluding carboxylic acids is 1. The maximum atomic E-state index is 12.8. The Morgan fingerprint density at radius 2 is 1.69 bits per heavy atom. The van der Waals surface area contributed by atoms with Gasteiger partial charge in [-0.2, -0.15) is 0 Å².